The van der Waals surface area contributed by atoms with Gasteiger partial charge in [0.1, 0.15) is 5.69 Å². The third kappa shape index (κ3) is 2.48. The lowest BCUT2D eigenvalue weighted by Crippen LogP contribution is -2.28. The van der Waals surface area contributed by atoms with Gasteiger partial charge in [0.15, 0.2) is 0 Å². The maximum atomic E-state index is 10.9. The highest BCUT2D eigenvalue weighted by molar-refractivity contribution is 5.59. The lowest BCUT2D eigenvalue weighted by molar-refractivity contribution is -0.384. The van der Waals surface area contributed by atoms with Crippen LogP contribution >= 0.6 is 0 Å². The summed E-state index contributed by atoms with van der Waals surface area (Å²) in [6.45, 7) is 4.08. The Balaban J connectivity index is 2.90. The Bertz CT molecular complexity index is 387. The normalized spacial score (nSPS) is 12.5. The van der Waals surface area contributed by atoms with Crippen molar-refractivity contribution in [2.45, 2.75) is 26.3 Å². The van der Waals surface area contributed by atoms with E-state index in [4.69, 9.17) is 5.73 Å². The van der Waals surface area contributed by atoms with Gasteiger partial charge in [-0.05, 0) is 13.3 Å². The van der Waals surface area contributed by atoms with Crippen molar-refractivity contribution in [3.63, 3.8) is 0 Å². The number of aryl methyl sites for hydroxylation is 2. The summed E-state index contributed by atoms with van der Waals surface area (Å²) in [5.74, 6) is 0.409. The molecular weight excluding hydrogens is 210 g/mol. The molecule has 1 aromatic rings. The number of nitro groups is 1. The molecule has 7 nitrogen and oxygen atoms in total. The average Bonchev–Trinajstić information content (AvgIpc) is 2.49. The number of nitrogens with two attached hydrogens (primary N) is 1. The van der Waals surface area contributed by atoms with Crippen molar-refractivity contribution >= 4 is 11.5 Å². The van der Waals surface area contributed by atoms with Gasteiger partial charge < -0.3 is 11.1 Å². The first-order valence-electron chi connectivity index (χ1n) is 5.14. The van der Waals surface area contributed by atoms with Crippen molar-refractivity contribution in [2.75, 3.05) is 11.9 Å². The largest absolute Gasteiger partial charge is 0.363 e. The van der Waals surface area contributed by atoms with Crippen molar-refractivity contribution < 1.29 is 4.92 Å². The van der Waals surface area contributed by atoms with Gasteiger partial charge in [0.25, 0.3) is 0 Å². The van der Waals surface area contributed by atoms with Crippen LogP contribution < -0.4 is 11.1 Å². The fraction of sp³-hybridized carbons (Fsp3) is 0.667. The van der Waals surface area contributed by atoms with Crippen LogP contribution in [0.1, 0.15) is 19.0 Å². The van der Waals surface area contributed by atoms with E-state index in [2.05, 4.69) is 10.4 Å². The molecule has 0 aliphatic heterocycles. The maximum absolute atomic E-state index is 10.9. The molecule has 0 aliphatic carbocycles. The minimum absolute atomic E-state index is 0.0187. The van der Waals surface area contributed by atoms with Gasteiger partial charge in [-0.1, -0.05) is 6.92 Å². The van der Waals surface area contributed by atoms with E-state index in [0.717, 1.165) is 6.42 Å². The molecule has 0 aliphatic rings. The number of nitrogens with one attached hydrogen (secondary N) is 1. The van der Waals surface area contributed by atoms with E-state index in [1.165, 1.54) is 4.68 Å². The van der Waals surface area contributed by atoms with E-state index in [0.29, 0.717) is 18.1 Å². The summed E-state index contributed by atoms with van der Waals surface area (Å²) in [4.78, 5) is 10.4. The molecule has 1 rings (SSSR count). The van der Waals surface area contributed by atoms with Crippen LogP contribution in [0.5, 0.6) is 0 Å². The molecule has 1 aromatic heterocycles. The SMILES string of the molecule is CCC(N)CNc1c([N+](=O)[O-])c(C)nn1C. The molecule has 0 spiro atoms. The first-order chi connectivity index (χ1) is 7.47. The summed E-state index contributed by atoms with van der Waals surface area (Å²) in [5.41, 5.74) is 6.16. The molecule has 0 saturated carbocycles. The Hall–Kier alpha value is -1.63. The number of anilines is 1. The first-order valence-corrected chi connectivity index (χ1v) is 5.14. The average molecular weight is 227 g/mol. The number of hydrogen-bond donors (Lipinski definition) is 2. The lowest BCUT2D eigenvalue weighted by Gasteiger charge is -2.10. The van der Waals surface area contributed by atoms with Crippen LogP contribution in [-0.4, -0.2) is 27.3 Å². The first kappa shape index (κ1) is 12.4. The van der Waals surface area contributed by atoms with E-state index < -0.39 is 4.92 Å². The molecule has 1 heterocycles. The number of nitrogens with zero attached hydrogens (tertiary/aromatic N) is 3. The van der Waals surface area contributed by atoms with Crippen molar-refractivity contribution in [2.24, 2.45) is 12.8 Å². The Morgan fingerprint density at radius 1 is 1.69 bits per heavy atom. The van der Waals surface area contributed by atoms with Gasteiger partial charge in [0, 0.05) is 19.6 Å². The minimum atomic E-state index is -0.428. The monoisotopic (exact) mass is 227 g/mol. The van der Waals surface area contributed by atoms with E-state index in [-0.39, 0.29) is 11.7 Å². The molecule has 7 heteroatoms. The molecule has 0 fully saturated rings. The fourth-order valence-corrected chi connectivity index (χ4v) is 1.44. The topological polar surface area (TPSA) is 99.0 Å². The third-order valence-corrected chi connectivity index (χ3v) is 2.43. The van der Waals surface area contributed by atoms with E-state index >= 15 is 0 Å². The van der Waals surface area contributed by atoms with Crippen LogP contribution in [0.3, 0.4) is 0 Å². The zero-order valence-electron chi connectivity index (χ0n) is 9.73. The van der Waals surface area contributed by atoms with Gasteiger partial charge in [-0.3, -0.25) is 10.1 Å². The Morgan fingerprint density at radius 2 is 2.31 bits per heavy atom. The highest BCUT2D eigenvalue weighted by atomic mass is 16.6. The Labute approximate surface area is 93.8 Å². The summed E-state index contributed by atoms with van der Waals surface area (Å²) >= 11 is 0. The van der Waals surface area contributed by atoms with E-state index in [1.54, 1.807) is 14.0 Å². The fourth-order valence-electron chi connectivity index (χ4n) is 1.44. The van der Waals surface area contributed by atoms with Crippen LogP contribution in [0.15, 0.2) is 0 Å². The molecule has 1 unspecified atom stereocenters. The van der Waals surface area contributed by atoms with Crippen LogP contribution in [0, 0.1) is 17.0 Å². The second-order valence-corrected chi connectivity index (χ2v) is 3.71. The molecule has 3 N–H and O–H groups in total. The van der Waals surface area contributed by atoms with Gasteiger partial charge in [0.05, 0.1) is 4.92 Å². The molecule has 0 bridgehead atoms. The van der Waals surface area contributed by atoms with Crippen LogP contribution in [0.25, 0.3) is 0 Å². The smallest absolute Gasteiger partial charge is 0.333 e. The molecule has 16 heavy (non-hydrogen) atoms. The zero-order chi connectivity index (χ0) is 12.3. The zero-order valence-corrected chi connectivity index (χ0v) is 9.73. The summed E-state index contributed by atoms with van der Waals surface area (Å²) in [6, 6.07) is -0.0187. The Kier molecular flexibility index (Phi) is 3.83. The van der Waals surface area contributed by atoms with Crippen LogP contribution in [-0.2, 0) is 7.05 Å². The van der Waals surface area contributed by atoms with Gasteiger partial charge >= 0.3 is 5.69 Å². The molecule has 1 atom stereocenters. The molecule has 0 aromatic carbocycles. The highest BCUT2D eigenvalue weighted by Gasteiger charge is 2.23. The van der Waals surface area contributed by atoms with Gasteiger partial charge in [-0.2, -0.15) is 5.10 Å². The quantitative estimate of drug-likeness (QED) is 0.572. The molecule has 90 valence electrons. The maximum Gasteiger partial charge on any atom is 0.333 e. The van der Waals surface area contributed by atoms with Crippen LogP contribution in [0.2, 0.25) is 0 Å². The minimum Gasteiger partial charge on any atom is -0.363 e. The second-order valence-electron chi connectivity index (χ2n) is 3.71. The molecular formula is C9H17N5O2. The summed E-state index contributed by atoms with van der Waals surface area (Å²) in [7, 11) is 1.67. The van der Waals surface area contributed by atoms with Gasteiger partial charge in [0.2, 0.25) is 5.82 Å². The lowest BCUT2D eigenvalue weighted by atomic mass is 10.2. The predicted octanol–water partition coefficient (Wildman–Crippen LogP) is 0.786. The number of aromatic nitrogens is 2. The third-order valence-electron chi connectivity index (χ3n) is 2.43. The molecule has 0 amide bonds. The standard InChI is InChI=1S/C9H17N5O2/c1-4-7(10)5-11-9-8(14(15)16)6(2)12-13(9)3/h7,11H,4-5,10H2,1-3H3. The predicted molar refractivity (Wildman–Crippen MR) is 61.4 cm³/mol. The van der Waals surface area contributed by atoms with E-state index in [1.807, 2.05) is 6.92 Å². The highest BCUT2D eigenvalue weighted by Crippen LogP contribution is 2.26. The summed E-state index contributed by atoms with van der Waals surface area (Å²) in [6.07, 6.45) is 0.817. The molecule has 0 saturated heterocycles. The molecule has 0 radical (unpaired) electrons. The van der Waals surface area contributed by atoms with Crippen molar-refractivity contribution in [3.8, 4) is 0 Å². The van der Waals surface area contributed by atoms with Gasteiger partial charge in [-0.15, -0.1) is 0 Å². The van der Waals surface area contributed by atoms with Crippen molar-refractivity contribution in [3.05, 3.63) is 15.8 Å². The summed E-state index contributed by atoms with van der Waals surface area (Å²) in [5, 5.41) is 17.8. The summed E-state index contributed by atoms with van der Waals surface area (Å²) < 4.78 is 1.47. The van der Waals surface area contributed by atoms with Crippen LogP contribution in [0.4, 0.5) is 11.5 Å². The number of hydrogen-bond acceptors (Lipinski definition) is 5. The second kappa shape index (κ2) is 4.93. The van der Waals surface area contributed by atoms with Gasteiger partial charge in [-0.25, -0.2) is 4.68 Å². The number of rotatable bonds is 5. The Morgan fingerprint density at radius 3 is 2.81 bits per heavy atom. The van der Waals surface area contributed by atoms with E-state index in [9.17, 15) is 10.1 Å². The van der Waals surface area contributed by atoms with Crippen molar-refractivity contribution in [1.29, 1.82) is 0 Å². The van der Waals surface area contributed by atoms with Crippen molar-refractivity contribution in [1.82, 2.24) is 9.78 Å².